The van der Waals surface area contributed by atoms with E-state index in [9.17, 15) is 13.2 Å². The first-order valence-electron chi connectivity index (χ1n) is 12.5. The molecular weight excluding hydrogens is 393 g/mol. The van der Waals surface area contributed by atoms with Crippen molar-refractivity contribution < 1.29 is 13.2 Å². The van der Waals surface area contributed by atoms with Gasteiger partial charge in [-0.15, -0.1) is 0 Å². The van der Waals surface area contributed by atoms with Crippen LogP contribution in [0.3, 0.4) is 0 Å². The molecule has 0 aromatic heterocycles. The second-order valence-electron chi connectivity index (χ2n) is 9.68. The van der Waals surface area contributed by atoms with Gasteiger partial charge in [-0.25, -0.2) is 0 Å². The molecule has 2 aliphatic carbocycles. The van der Waals surface area contributed by atoms with E-state index in [0.717, 1.165) is 29.4 Å². The zero-order valence-corrected chi connectivity index (χ0v) is 19.1. The molecule has 3 rings (SSSR count). The highest BCUT2D eigenvalue weighted by Crippen LogP contribution is 2.40. The maximum atomic E-state index is 12.8. The van der Waals surface area contributed by atoms with Crippen molar-refractivity contribution in [3.8, 4) is 0 Å². The Bertz CT molecular complexity index is 703. The van der Waals surface area contributed by atoms with Gasteiger partial charge in [0.2, 0.25) is 0 Å². The van der Waals surface area contributed by atoms with Crippen LogP contribution in [0.15, 0.2) is 42.5 Å². The molecule has 0 saturated heterocycles. The summed E-state index contributed by atoms with van der Waals surface area (Å²) in [4.78, 5) is 0. The number of benzene rings is 1. The minimum Gasteiger partial charge on any atom is -0.166 e. The Morgan fingerprint density at radius 2 is 1.48 bits per heavy atom. The monoisotopic (exact) mass is 432 g/mol. The summed E-state index contributed by atoms with van der Waals surface area (Å²) >= 11 is 0. The fourth-order valence-corrected chi connectivity index (χ4v) is 5.35. The van der Waals surface area contributed by atoms with Gasteiger partial charge in [-0.3, -0.25) is 0 Å². The SMILES string of the molecule is CCCCCCCCC[C@H]1CC[C@H](C2C=CC(c3ccc(C(F)(F)F)cc3)=CC2)CC1. The molecule has 31 heavy (non-hydrogen) atoms. The molecule has 1 aromatic carbocycles. The van der Waals surface area contributed by atoms with Crippen molar-refractivity contribution in [2.75, 3.05) is 0 Å². The van der Waals surface area contributed by atoms with Crippen LogP contribution in [0, 0.1) is 17.8 Å². The average molecular weight is 433 g/mol. The van der Waals surface area contributed by atoms with Crippen molar-refractivity contribution in [2.24, 2.45) is 17.8 Å². The van der Waals surface area contributed by atoms with Crippen molar-refractivity contribution in [1.29, 1.82) is 0 Å². The molecular formula is C28H39F3. The fourth-order valence-electron chi connectivity index (χ4n) is 5.35. The maximum Gasteiger partial charge on any atom is 0.416 e. The normalized spacial score (nSPS) is 24.3. The number of halogens is 3. The van der Waals surface area contributed by atoms with E-state index >= 15 is 0 Å². The number of rotatable bonds is 10. The molecule has 0 radical (unpaired) electrons. The molecule has 0 aliphatic heterocycles. The third-order valence-corrected chi connectivity index (χ3v) is 7.39. The maximum absolute atomic E-state index is 12.8. The van der Waals surface area contributed by atoms with Crippen LogP contribution in [-0.4, -0.2) is 0 Å². The third-order valence-electron chi connectivity index (χ3n) is 7.39. The van der Waals surface area contributed by atoms with Crippen molar-refractivity contribution in [3.05, 3.63) is 53.6 Å². The molecule has 1 unspecified atom stereocenters. The topological polar surface area (TPSA) is 0 Å². The molecule has 0 amide bonds. The number of hydrogen-bond donors (Lipinski definition) is 0. The van der Waals surface area contributed by atoms with Crippen molar-refractivity contribution in [2.45, 2.75) is 96.6 Å². The van der Waals surface area contributed by atoms with Crippen LogP contribution < -0.4 is 0 Å². The largest absolute Gasteiger partial charge is 0.416 e. The van der Waals surface area contributed by atoms with Crippen LogP contribution in [0.1, 0.15) is 102 Å². The zero-order valence-electron chi connectivity index (χ0n) is 19.1. The van der Waals surface area contributed by atoms with Gasteiger partial charge in [0.05, 0.1) is 5.56 Å². The quantitative estimate of drug-likeness (QED) is 0.323. The summed E-state index contributed by atoms with van der Waals surface area (Å²) in [6.07, 6.45) is 20.0. The third kappa shape index (κ3) is 7.54. The van der Waals surface area contributed by atoms with E-state index < -0.39 is 11.7 Å². The van der Waals surface area contributed by atoms with Crippen molar-refractivity contribution >= 4 is 5.57 Å². The smallest absolute Gasteiger partial charge is 0.166 e. The highest BCUT2D eigenvalue weighted by atomic mass is 19.4. The molecule has 1 atom stereocenters. The van der Waals surface area contributed by atoms with Crippen LogP contribution >= 0.6 is 0 Å². The zero-order chi connectivity index (χ0) is 22.1. The van der Waals surface area contributed by atoms with Gasteiger partial charge in [-0.2, -0.15) is 13.2 Å². The Hall–Kier alpha value is -1.51. The molecule has 0 N–H and O–H groups in total. The number of unbranched alkanes of at least 4 members (excludes halogenated alkanes) is 6. The summed E-state index contributed by atoms with van der Waals surface area (Å²) in [5, 5.41) is 0. The molecule has 2 aliphatic rings. The van der Waals surface area contributed by atoms with Gasteiger partial charge in [-0.05, 0) is 60.3 Å². The summed E-state index contributed by atoms with van der Waals surface area (Å²) in [6, 6.07) is 5.55. The van der Waals surface area contributed by atoms with Gasteiger partial charge in [-0.1, -0.05) is 101 Å². The van der Waals surface area contributed by atoms with E-state index in [0.29, 0.717) is 5.92 Å². The van der Waals surface area contributed by atoms with Gasteiger partial charge < -0.3 is 0 Å². The summed E-state index contributed by atoms with van der Waals surface area (Å²) < 4.78 is 38.3. The lowest BCUT2D eigenvalue weighted by Gasteiger charge is -2.33. The Morgan fingerprint density at radius 3 is 2.06 bits per heavy atom. The predicted molar refractivity (Wildman–Crippen MR) is 125 cm³/mol. The molecule has 172 valence electrons. The van der Waals surface area contributed by atoms with Gasteiger partial charge in [0, 0.05) is 0 Å². The van der Waals surface area contributed by atoms with Crippen molar-refractivity contribution in [3.63, 3.8) is 0 Å². The van der Waals surface area contributed by atoms with Crippen LogP contribution in [0.4, 0.5) is 13.2 Å². The first-order valence-corrected chi connectivity index (χ1v) is 12.5. The molecule has 0 bridgehead atoms. The van der Waals surface area contributed by atoms with Crippen LogP contribution in [0.25, 0.3) is 5.57 Å². The van der Waals surface area contributed by atoms with Gasteiger partial charge in [0.25, 0.3) is 0 Å². The highest BCUT2D eigenvalue weighted by Gasteiger charge is 2.30. The second kappa shape index (κ2) is 11.9. The van der Waals surface area contributed by atoms with Crippen LogP contribution in [-0.2, 0) is 6.18 Å². The van der Waals surface area contributed by atoms with Crippen LogP contribution in [0.5, 0.6) is 0 Å². The second-order valence-corrected chi connectivity index (χ2v) is 9.68. The van der Waals surface area contributed by atoms with E-state index in [4.69, 9.17) is 0 Å². The number of hydrogen-bond acceptors (Lipinski definition) is 0. The first-order chi connectivity index (χ1) is 15.0. The lowest BCUT2D eigenvalue weighted by Crippen LogP contribution is -2.21. The van der Waals surface area contributed by atoms with Crippen LogP contribution in [0.2, 0.25) is 0 Å². The predicted octanol–water partition coefficient (Wildman–Crippen LogP) is 9.61. The minimum atomic E-state index is -4.27. The lowest BCUT2D eigenvalue weighted by molar-refractivity contribution is -0.137. The van der Waals surface area contributed by atoms with Gasteiger partial charge in [0.1, 0.15) is 0 Å². The number of alkyl halides is 3. The van der Waals surface area contributed by atoms with Crippen molar-refractivity contribution in [1.82, 2.24) is 0 Å². The average Bonchev–Trinajstić information content (AvgIpc) is 2.79. The Morgan fingerprint density at radius 1 is 0.839 bits per heavy atom. The number of allylic oxidation sites excluding steroid dienone is 4. The lowest BCUT2D eigenvalue weighted by atomic mass is 9.72. The minimum absolute atomic E-state index is 0.581. The molecule has 0 spiro atoms. The van der Waals surface area contributed by atoms with Gasteiger partial charge >= 0.3 is 6.18 Å². The standard InChI is InChI=1S/C28H39F3/c1-2-3-4-5-6-7-8-9-22-10-12-23(13-11-22)24-14-16-25(17-15-24)26-18-20-27(21-19-26)28(29,30)31/h14,16-24H,2-13,15H2,1H3/t22-,23-,24?. The van der Waals surface area contributed by atoms with E-state index in [-0.39, 0.29) is 0 Å². The fraction of sp³-hybridized carbons (Fsp3) is 0.643. The molecule has 3 heteroatoms. The Balaban J connectivity index is 1.36. The molecule has 1 saturated carbocycles. The first kappa shape index (κ1) is 24.1. The van der Waals surface area contributed by atoms with E-state index in [1.807, 2.05) is 0 Å². The summed E-state index contributed by atoms with van der Waals surface area (Å²) in [7, 11) is 0. The Labute approximate surface area is 187 Å². The summed E-state index contributed by atoms with van der Waals surface area (Å²) in [5.41, 5.74) is 1.35. The summed E-state index contributed by atoms with van der Waals surface area (Å²) in [6.45, 7) is 2.27. The van der Waals surface area contributed by atoms with Gasteiger partial charge in [0.15, 0.2) is 0 Å². The summed E-state index contributed by atoms with van der Waals surface area (Å²) in [5.74, 6) is 2.29. The van der Waals surface area contributed by atoms with E-state index in [1.54, 1.807) is 12.1 Å². The molecule has 1 aromatic rings. The molecule has 0 nitrogen and oxygen atoms in total. The van der Waals surface area contributed by atoms with E-state index in [2.05, 4.69) is 25.2 Å². The molecule has 1 fully saturated rings. The Kier molecular flexibility index (Phi) is 9.29. The van der Waals surface area contributed by atoms with E-state index in [1.165, 1.54) is 89.2 Å². The highest BCUT2D eigenvalue weighted by molar-refractivity contribution is 5.75. The molecule has 0 heterocycles.